The summed E-state index contributed by atoms with van der Waals surface area (Å²) in [6.07, 6.45) is 0. The molecule has 0 aliphatic carbocycles. The zero-order valence-electron chi connectivity index (χ0n) is 7.15. The van der Waals surface area contributed by atoms with Gasteiger partial charge in [0.15, 0.2) is 0 Å². The van der Waals surface area contributed by atoms with Gasteiger partial charge in [-0.25, -0.2) is 0 Å². The normalized spacial score (nSPS) is 8.50. The molecule has 0 saturated carbocycles. The summed E-state index contributed by atoms with van der Waals surface area (Å²) in [7, 11) is 0. The molecule has 0 heterocycles. The minimum atomic E-state index is -0.732. The van der Waals surface area contributed by atoms with Gasteiger partial charge in [-0.3, -0.25) is 4.79 Å². The van der Waals surface area contributed by atoms with Crippen LogP contribution in [0.25, 0.3) is 0 Å². The largest absolute Gasteiger partial charge is 0.426 e. The molecule has 1 radical (unpaired) electrons. The summed E-state index contributed by atoms with van der Waals surface area (Å²) in [4.78, 5) is 10.5. The third-order valence-corrected chi connectivity index (χ3v) is 1.40. The third kappa shape index (κ3) is 2.33. The van der Waals surface area contributed by atoms with E-state index in [4.69, 9.17) is 10.5 Å². The van der Waals surface area contributed by atoms with Crippen LogP contribution in [0.5, 0.6) is 5.75 Å². The number of rotatable bonds is 1. The van der Waals surface area contributed by atoms with Crippen molar-refractivity contribution in [3.63, 3.8) is 0 Å². The highest BCUT2D eigenvalue weighted by molar-refractivity contribution is 5.76. The lowest BCUT2D eigenvalue weighted by molar-refractivity contribution is -0.129. The van der Waals surface area contributed by atoms with Crippen LogP contribution in [0, 0.1) is 29.6 Å². The number of hydrogen-bond acceptors (Lipinski definition) is 4. The topological polar surface area (TPSA) is 73.9 Å². The smallest absolute Gasteiger partial charge is 0.311 e. The number of nitrogens with zero attached hydrogens (tertiary/aromatic N) is 2. The molecule has 4 nitrogen and oxygen atoms in total. The highest BCUT2D eigenvalue weighted by Gasteiger charge is 2.03. The van der Waals surface area contributed by atoms with Crippen molar-refractivity contribution in [2.45, 2.75) is 0 Å². The second-order valence-corrected chi connectivity index (χ2v) is 2.44. The molecule has 1 rings (SSSR count). The lowest BCUT2D eigenvalue weighted by Gasteiger charge is -2.01. The van der Waals surface area contributed by atoms with E-state index in [0.29, 0.717) is 0 Å². The molecule has 0 aliphatic heterocycles. The van der Waals surface area contributed by atoms with Crippen LogP contribution in [0.2, 0.25) is 0 Å². The minimum Gasteiger partial charge on any atom is -0.426 e. The Balaban J connectivity index is 3.14. The first-order valence-electron chi connectivity index (χ1n) is 3.65. The fourth-order valence-electron chi connectivity index (χ4n) is 0.919. The summed E-state index contributed by atoms with van der Waals surface area (Å²) < 4.78 is 4.65. The zero-order valence-corrected chi connectivity index (χ0v) is 7.15. The van der Waals surface area contributed by atoms with Crippen LogP contribution in [0.15, 0.2) is 18.2 Å². The van der Waals surface area contributed by atoms with Crippen molar-refractivity contribution in [3.05, 3.63) is 36.2 Å². The average molecular weight is 185 g/mol. The van der Waals surface area contributed by atoms with Crippen LogP contribution in [0.1, 0.15) is 11.1 Å². The summed E-state index contributed by atoms with van der Waals surface area (Å²) in [6.45, 7) is 3.02. The Bertz CT molecular complexity index is 420. The second kappa shape index (κ2) is 4.06. The van der Waals surface area contributed by atoms with E-state index in [1.165, 1.54) is 18.2 Å². The highest BCUT2D eigenvalue weighted by Crippen LogP contribution is 2.16. The molecular weight excluding hydrogens is 180 g/mol. The standard InChI is InChI=1S/C10H5N2O2/c1-7(13)14-10-3-8(5-11)2-9(4-10)6-12/h2-4H,1H2. The number of nitriles is 2. The first kappa shape index (κ1) is 9.76. The zero-order chi connectivity index (χ0) is 10.6. The summed E-state index contributed by atoms with van der Waals surface area (Å²) in [6, 6.07) is 7.84. The number of hydrogen-bond donors (Lipinski definition) is 0. The van der Waals surface area contributed by atoms with E-state index in [1.54, 1.807) is 0 Å². The fraction of sp³-hybridized carbons (Fsp3) is 0. The van der Waals surface area contributed by atoms with Crippen LogP contribution in [0.3, 0.4) is 0 Å². The molecule has 0 N–H and O–H groups in total. The van der Waals surface area contributed by atoms with Crippen molar-refractivity contribution in [3.8, 4) is 17.9 Å². The molecule has 0 spiro atoms. The SMILES string of the molecule is [CH2]C(=O)Oc1cc(C#N)cc(C#N)c1. The van der Waals surface area contributed by atoms with E-state index in [2.05, 4.69) is 11.7 Å². The molecule has 14 heavy (non-hydrogen) atoms. The van der Waals surface area contributed by atoms with Gasteiger partial charge in [0, 0.05) is 0 Å². The first-order valence-corrected chi connectivity index (χ1v) is 3.65. The van der Waals surface area contributed by atoms with Crippen molar-refractivity contribution in [1.82, 2.24) is 0 Å². The van der Waals surface area contributed by atoms with Gasteiger partial charge in [-0.1, -0.05) is 0 Å². The molecule has 0 amide bonds. The molecule has 0 unspecified atom stereocenters. The summed E-state index contributed by atoms with van der Waals surface area (Å²) in [5.41, 5.74) is 0.528. The lowest BCUT2D eigenvalue weighted by atomic mass is 10.1. The second-order valence-electron chi connectivity index (χ2n) is 2.44. The molecule has 67 valence electrons. The molecule has 4 heteroatoms. The van der Waals surface area contributed by atoms with Crippen LogP contribution in [-0.2, 0) is 4.79 Å². The Kier molecular flexibility index (Phi) is 2.83. The molecule has 0 aliphatic rings. The van der Waals surface area contributed by atoms with E-state index in [1.807, 2.05) is 12.1 Å². The van der Waals surface area contributed by atoms with E-state index in [-0.39, 0.29) is 16.9 Å². The number of ether oxygens (including phenoxy) is 1. The maximum absolute atomic E-state index is 10.5. The van der Waals surface area contributed by atoms with Crippen molar-refractivity contribution >= 4 is 5.97 Å². The Hall–Kier alpha value is -2.33. The summed E-state index contributed by atoms with van der Waals surface area (Å²) in [5, 5.41) is 17.2. The maximum Gasteiger partial charge on any atom is 0.311 e. The van der Waals surface area contributed by atoms with Crippen LogP contribution in [0.4, 0.5) is 0 Å². The summed E-state index contributed by atoms with van der Waals surface area (Å²) >= 11 is 0. The average Bonchev–Trinajstić information content (AvgIpc) is 2.16. The fourth-order valence-corrected chi connectivity index (χ4v) is 0.919. The van der Waals surface area contributed by atoms with Gasteiger partial charge in [-0.15, -0.1) is 0 Å². The van der Waals surface area contributed by atoms with E-state index in [9.17, 15) is 4.79 Å². The van der Waals surface area contributed by atoms with Gasteiger partial charge in [0.1, 0.15) is 5.75 Å². The molecule has 0 atom stereocenters. The Morgan fingerprint density at radius 1 is 1.21 bits per heavy atom. The van der Waals surface area contributed by atoms with E-state index < -0.39 is 5.97 Å². The molecule has 1 aromatic carbocycles. The molecule has 0 fully saturated rings. The van der Waals surface area contributed by atoms with Crippen molar-refractivity contribution < 1.29 is 9.53 Å². The maximum atomic E-state index is 10.5. The van der Waals surface area contributed by atoms with Gasteiger partial charge in [0.25, 0.3) is 0 Å². The van der Waals surface area contributed by atoms with E-state index in [0.717, 1.165) is 0 Å². The Morgan fingerprint density at radius 2 is 1.71 bits per heavy atom. The monoisotopic (exact) mass is 185 g/mol. The Labute approximate surface area is 81.0 Å². The molecule has 0 bridgehead atoms. The van der Waals surface area contributed by atoms with Gasteiger partial charge < -0.3 is 4.74 Å². The van der Waals surface area contributed by atoms with E-state index >= 15 is 0 Å². The molecule has 0 aromatic heterocycles. The van der Waals surface area contributed by atoms with Crippen molar-refractivity contribution in [2.75, 3.05) is 0 Å². The number of benzene rings is 1. The van der Waals surface area contributed by atoms with Gasteiger partial charge in [-0.2, -0.15) is 10.5 Å². The van der Waals surface area contributed by atoms with Gasteiger partial charge in [-0.05, 0) is 18.2 Å². The first-order chi connectivity index (χ1) is 6.65. The van der Waals surface area contributed by atoms with Crippen LogP contribution in [-0.4, -0.2) is 5.97 Å². The number of esters is 1. The van der Waals surface area contributed by atoms with Gasteiger partial charge in [0.05, 0.1) is 30.2 Å². The van der Waals surface area contributed by atoms with Gasteiger partial charge in [0.2, 0.25) is 0 Å². The van der Waals surface area contributed by atoms with Crippen molar-refractivity contribution in [2.24, 2.45) is 0 Å². The van der Waals surface area contributed by atoms with Crippen molar-refractivity contribution in [1.29, 1.82) is 10.5 Å². The molecular formula is C10H5N2O2. The lowest BCUT2D eigenvalue weighted by Crippen LogP contribution is -2.02. The molecule has 1 aromatic rings. The van der Waals surface area contributed by atoms with Crippen LogP contribution < -0.4 is 4.74 Å². The molecule has 0 saturated heterocycles. The predicted octanol–water partition coefficient (Wildman–Crippen LogP) is 1.17. The quantitative estimate of drug-likeness (QED) is 0.486. The number of carbonyl (C=O) groups is 1. The third-order valence-electron chi connectivity index (χ3n) is 1.40. The number of carbonyl (C=O) groups excluding carboxylic acids is 1. The Morgan fingerprint density at radius 3 is 2.07 bits per heavy atom. The van der Waals surface area contributed by atoms with Crippen LogP contribution >= 0.6 is 0 Å². The predicted molar refractivity (Wildman–Crippen MR) is 46.9 cm³/mol. The van der Waals surface area contributed by atoms with Gasteiger partial charge >= 0.3 is 5.97 Å². The highest BCUT2D eigenvalue weighted by atomic mass is 16.5. The summed E-state index contributed by atoms with van der Waals surface area (Å²) in [5.74, 6) is -0.579. The minimum absolute atomic E-state index is 0.153.